The van der Waals surface area contributed by atoms with Gasteiger partial charge in [-0.15, -0.1) is 0 Å². The molecule has 0 aliphatic carbocycles. The maximum Gasteiger partial charge on any atom is 0.353 e. The number of aromatic nitrogens is 4. The molecule has 0 bridgehead atoms. The van der Waals surface area contributed by atoms with Crippen molar-refractivity contribution in [3.63, 3.8) is 0 Å². The van der Waals surface area contributed by atoms with Crippen molar-refractivity contribution in [3.05, 3.63) is 78.0 Å². The van der Waals surface area contributed by atoms with Gasteiger partial charge in [-0.05, 0) is 29.8 Å². The van der Waals surface area contributed by atoms with Crippen LogP contribution in [0.4, 0.5) is 0 Å². The third-order valence-corrected chi connectivity index (χ3v) is 6.92. The Morgan fingerprint density at radius 2 is 1.79 bits per heavy atom. The molecule has 6 aromatic rings. The number of nitrogens with zero attached hydrogens (tertiary/aromatic N) is 4. The standard InChI is InChI=1S/C26H20N4O3S/c1-29-20-9-4-3-7-18(20)23-24(29)21(15-10-12-17(33-2)13-11-15)25(26(31)32)30(23)14-16-6-5-8-19-22(16)28-34-27-19/h3-13H,14H2,1-2H3,(H,31,32). The third kappa shape index (κ3) is 2.92. The lowest BCUT2D eigenvalue weighted by molar-refractivity contribution is 0.0687. The van der Waals surface area contributed by atoms with Crippen LogP contribution >= 0.6 is 11.7 Å². The maximum atomic E-state index is 12.8. The normalized spacial score (nSPS) is 11.6. The molecule has 0 saturated heterocycles. The van der Waals surface area contributed by atoms with Gasteiger partial charge in [0, 0.05) is 23.6 Å². The highest BCUT2D eigenvalue weighted by atomic mass is 32.1. The Morgan fingerprint density at radius 3 is 2.56 bits per heavy atom. The van der Waals surface area contributed by atoms with E-state index in [9.17, 15) is 9.90 Å². The summed E-state index contributed by atoms with van der Waals surface area (Å²) in [6.45, 7) is 0.366. The summed E-state index contributed by atoms with van der Waals surface area (Å²) in [4.78, 5) is 12.8. The first-order valence-electron chi connectivity index (χ1n) is 10.8. The molecule has 168 valence electrons. The fraction of sp³-hybridized carbons (Fsp3) is 0.115. The number of methoxy groups -OCH3 is 1. The highest BCUT2D eigenvalue weighted by Crippen LogP contribution is 2.41. The van der Waals surface area contributed by atoms with Crippen LogP contribution in [-0.2, 0) is 13.6 Å². The summed E-state index contributed by atoms with van der Waals surface area (Å²) >= 11 is 1.16. The summed E-state index contributed by atoms with van der Waals surface area (Å²) in [6, 6.07) is 21.5. The summed E-state index contributed by atoms with van der Waals surface area (Å²) in [5.74, 6) is -0.259. The number of aryl methyl sites for hydroxylation is 1. The zero-order valence-corrected chi connectivity index (χ0v) is 19.3. The van der Waals surface area contributed by atoms with Gasteiger partial charge in [-0.2, -0.15) is 8.75 Å². The number of carboxylic acid groups (broad SMARTS) is 1. The summed E-state index contributed by atoms with van der Waals surface area (Å²) in [7, 11) is 3.60. The Bertz CT molecular complexity index is 1710. The van der Waals surface area contributed by atoms with Crippen LogP contribution in [0.3, 0.4) is 0 Å². The lowest BCUT2D eigenvalue weighted by Gasteiger charge is -2.11. The van der Waals surface area contributed by atoms with Crippen LogP contribution in [0, 0.1) is 0 Å². The number of carboxylic acids is 1. The van der Waals surface area contributed by atoms with Gasteiger partial charge in [0.1, 0.15) is 22.5 Å². The van der Waals surface area contributed by atoms with Crippen molar-refractivity contribution in [3.8, 4) is 16.9 Å². The summed E-state index contributed by atoms with van der Waals surface area (Å²) in [5, 5.41) is 11.5. The van der Waals surface area contributed by atoms with Gasteiger partial charge in [0.15, 0.2) is 0 Å². The maximum absolute atomic E-state index is 12.8. The molecule has 0 amide bonds. The molecule has 1 N–H and O–H groups in total. The molecular formula is C26H20N4O3S. The van der Waals surface area contributed by atoms with Gasteiger partial charge in [-0.1, -0.05) is 42.5 Å². The molecule has 0 spiro atoms. The quantitative estimate of drug-likeness (QED) is 0.358. The van der Waals surface area contributed by atoms with Gasteiger partial charge in [0.25, 0.3) is 0 Å². The smallest absolute Gasteiger partial charge is 0.353 e. The summed E-state index contributed by atoms with van der Waals surface area (Å²) in [5.41, 5.74) is 7.12. The second-order valence-corrected chi connectivity index (χ2v) is 8.69. The SMILES string of the molecule is COc1ccc(-c2c(C(=O)O)n(Cc3cccc4nsnc34)c3c4ccccc4n(C)c23)cc1. The topological polar surface area (TPSA) is 82.2 Å². The second-order valence-electron chi connectivity index (χ2n) is 8.17. The molecule has 0 atom stereocenters. The lowest BCUT2D eigenvalue weighted by atomic mass is 10.0. The molecule has 0 saturated carbocycles. The van der Waals surface area contributed by atoms with Crippen LogP contribution in [0.15, 0.2) is 66.7 Å². The number of carbonyl (C=O) groups is 1. The van der Waals surface area contributed by atoms with E-state index in [1.165, 1.54) is 0 Å². The first-order chi connectivity index (χ1) is 16.6. The van der Waals surface area contributed by atoms with E-state index in [2.05, 4.69) is 19.4 Å². The largest absolute Gasteiger partial charge is 0.497 e. The molecule has 3 aromatic carbocycles. The first-order valence-corrected chi connectivity index (χ1v) is 11.5. The van der Waals surface area contributed by atoms with E-state index in [0.717, 1.165) is 61.6 Å². The van der Waals surface area contributed by atoms with Crippen molar-refractivity contribution >= 4 is 50.7 Å². The van der Waals surface area contributed by atoms with Gasteiger partial charge in [0.05, 0.1) is 41.9 Å². The number of rotatable bonds is 5. The van der Waals surface area contributed by atoms with Crippen LogP contribution in [0.1, 0.15) is 16.1 Å². The Kier molecular flexibility index (Phi) is 4.63. The minimum Gasteiger partial charge on any atom is -0.497 e. The zero-order chi connectivity index (χ0) is 23.4. The summed E-state index contributed by atoms with van der Waals surface area (Å²) < 4.78 is 18.1. The third-order valence-electron chi connectivity index (χ3n) is 6.37. The van der Waals surface area contributed by atoms with E-state index in [1.54, 1.807) is 7.11 Å². The first kappa shape index (κ1) is 20.4. The molecule has 0 unspecified atom stereocenters. The highest BCUT2D eigenvalue weighted by Gasteiger charge is 2.28. The van der Waals surface area contributed by atoms with E-state index in [-0.39, 0.29) is 5.69 Å². The van der Waals surface area contributed by atoms with E-state index in [1.807, 2.05) is 72.3 Å². The average Bonchev–Trinajstić information content (AvgIpc) is 3.54. The average molecular weight is 469 g/mol. The van der Waals surface area contributed by atoms with E-state index >= 15 is 0 Å². The molecule has 0 radical (unpaired) electrons. The molecule has 8 heteroatoms. The lowest BCUT2D eigenvalue weighted by Crippen LogP contribution is -2.11. The van der Waals surface area contributed by atoms with Crippen molar-refractivity contribution in [1.29, 1.82) is 0 Å². The van der Waals surface area contributed by atoms with Gasteiger partial charge in [-0.25, -0.2) is 4.79 Å². The minimum absolute atomic E-state index is 0.247. The molecule has 7 nitrogen and oxygen atoms in total. The number of aromatic carboxylic acids is 1. The Labute approximate surface area is 198 Å². The Morgan fingerprint density at radius 1 is 1.00 bits per heavy atom. The van der Waals surface area contributed by atoms with Crippen LogP contribution < -0.4 is 4.74 Å². The van der Waals surface area contributed by atoms with Gasteiger partial charge >= 0.3 is 5.97 Å². The number of hydrogen-bond acceptors (Lipinski definition) is 5. The van der Waals surface area contributed by atoms with Gasteiger partial charge < -0.3 is 19.0 Å². The van der Waals surface area contributed by atoms with E-state index in [0.29, 0.717) is 12.1 Å². The van der Waals surface area contributed by atoms with E-state index < -0.39 is 5.97 Å². The predicted octanol–water partition coefficient (Wildman–Crippen LogP) is 5.56. The van der Waals surface area contributed by atoms with Crippen molar-refractivity contribution in [2.45, 2.75) is 6.54 Å². The van der Waals surface area contributed by atoms with Crippen molar-refractivity contribution in [2.75, 3.05) is 7.11 Å². The van der Waals surface area contributed by atoms with Crippen LogP contribution in [0.2, 0.25) is 0 Å². The monoisotopic (exact) mass is 468 g/mol. The molecule has 3 aromatic heterocycles. The number of fused-ring (bicyclic) bond motifs is 4. The van der Waals surface area contributed by atoms with Crippen molar-refractivity contribution in [2.24, 2.45) is 7.05 Å². The molecule has 3 heterocycles. The predicted molar refractivity (Wildman–Crippen MR) is 134 cm³/mol. The second kappa shape index (κ2) is 7.71. The van der Waals surface area contributed by atoms with Crippen LogP contribution in [0.5, 0.6) is 5.75 Å². The van der Waals surface area contributed by atoms with Crippen molar-refractivity contribution in [1.82, 2.24) is 17.9 Å². The van der Waals surface area contributed by atoms with Crippen LogP contribution in [0.25, 0.3) is 44.1 Å². The van der Waals surface area contributed by atoms with E-state index in [4.69, 9.17) is 4.74 Å². The molecule has 0 fully saturated rings. The van der Waals surface area contributed by atoms with Gasteiger partial charge in [0.2, 0.25) is 0 Å². The molecule has 0 aliphatic heterocycles. The molecule has 34 heavy (non-hydrogen) atoms. The number of benzene rings is 3. The fourth-order valence-electron chi connectivity index (χ4n) is 4.86. The number of para-hydroxylation sites is 1. The summed E-state index contributed by atoms with van der Waals surface area (Å²) in [6.07, 6.45) is 0. The molecule has 0 aliphatic rings. The fourth-order valence-corrected chi connectivity index (χ4v) is 5.43. The number of ether oxygens (including phenoxy) is 1. The zero-order valence-electron chi connectivity index (χ0n) is 18.5. The molecule has 6 rings (SSSR count). The van der Waals surface area contributed by atoms with Gasteiger partial charge in [-0.3, -0.25) is 0 Å². The van der Waals surface area contributed by atoms with Crippen LogP contribution in [-0.4, -0.2) is 36.1 Å². The highest BCUT2D eigenvalue weighted by molar-refractivity contribution is 7.00. The molecular weight excluding hydrogens is 448 g/mol. The number of hydrogen-bond donors (Lipinski definition) is 1. The minimum atomic E-state index is -0.977. The van der Waals surface area contributed by atoms with Crippen molar-refractivity contribution < 1.29 is 14.6 Å². The Hall–Kier alpha value is -4.17. The Balaban J connectivity index is 1.72.